The Labute approximate surface area is 104 Å². The summed E-state index contributed by atoms with van der Waals surface area (Å²) >= 11 is 0. The van der Waals surface area contributed by atoms with Crippen molar-refractivity contribution >= 4 is 9.84 Å². The number of hydrogen-bond donors (Lipinski definition) is 1. The van der Waals surface area contributed by atoms with E-state index in [1.807, 2.05) is 30.3 Å². The van der Waals surface area contributed by atoms with Crippen molar-refractivity contribution in [2.24, 2.45) is 5.73 Å². The Balaban J connectivity index is 3.06. The minimum Gasteiger partial charge on any atom is -0.313 e. The average molecular weight is 255 g/mol. The van der Waals surface area contributed by atoms with E-state index in [9.17, 15) is 8.42 Å². The monoisotopic (exact) mass is 255 g/mol. The average Bonchev–Trinajstić information content (AvgIpc) is 2.16. The highest BCUT2D eigenvalue weighted by Crippen LogP contribution is 2.28. The Morgan fingerprint density at radius 3 is 1.94 bits per heavy atom. The molecule has 0 heterocycles. The van der Waals surface area contributed by atoms with Crippen LogP contribution in [0, 0.1) is 0 Å². The van der Waals surface area contributed by atoms with Gasteiger partial charge in [0.2, 0.25) is 0 Å². The van der Waals surface area contributed by atoms with E-state index in [2.05, 4.69) is 0 Å². The van der Waals surface area contributed by atoms with Crippen LogP contribution in [0.15, 0.2) is 30.3 Å². The van der Waals surface area contributed by atoms with E-state index in [0.717, 1.165) is 5.56 Å². The molecule has 0 aliphatic carbocycles. The Bertz CT molecular complexity index is 470. The normalized spacial score (nSPS) is 16.5. The van der Waals surface area contributed by atoms with Crippen molar-refractivity contribution in [1.82, 2.24) is 0 Å². The van der Waals surface area contributed by atoms with Crippen LogP contribution in [0.5, 0.6) is 0 Å². The van der Waals surface area contributed by atoms with Crippen molar-refractivity contribution in [3.8, 4) is 0 Å². The van der Waals surface area contributed by atoms with Crippen LogP contribution in [0.3, 0.4) is 0 Å². The van der Waals surface area contributed by atoms with Crippen LogP contribution in [0.25, 0.3) is 0 Å². The van der Waals surface area contributed by atoms with Gasteiger partial charge in [0.25, 0.3) is 0 Å². The molecule has 0 saturated heterocycles. The van der Waals surface area contributed by atoms with Crippen LogP contribution >= 0.6 is 0 Å². The smallest absolute Gasteiger partial charge is 0.173 e. The van der Waals surface area contributed by atoms with E-state index in [1.54, 1.807) is 27.7 Å². The van der Waals surface area contributed by atoms with Gasteiger partial charge in [-0.3, -0.25) is 0 Å². The highest BCUT2D eigenvalue weighted by atomic mass is 32.2. The van der Waals surface area contributed by atoms with E-state index in [-0.39, 0.29) is 0 Å². The van der Waals surface area contributed by atoms with Crippen molar-refractivity contribution in [2.75, 3.05) is 0 Å². The molecule has 0 bridgehead atoms. The predicted molar refractivity (Wildman–Crippen MR) is 71.4 cm³/mol. The number of benzene rings is 1. The molecule has 3 nitrogen and oxygen atoms in total. The van der Waals surface area contributed by atoms with E-state index in [0.29, 0.717) is 6.42 Å². The van der Waals surface area contributed by atoms with Gasteiger partial charge in [0.05, 0.1) is 4.75 Å². The number of rotatable bonds is 3. The van der Waals surface area contributed by atoms with Crippen molar-refractivity contribution in [1.29, 1.82) is 0 Å². The van der Waals surface area contributed by atoms with Crippen molar-refractivity contribution in [3.63, 3.8) is 0 Å². The Morgan fingerprint density at radius 1 is 1.06 bits per heavy atom. The first-order valence-electron chi connectivity index (χ1n) is 5.65. The lowest BCUT2D eigenvalue weighted by Gasteiger charge is -2.32. The van der Waals surface area contributed by atoms with E-state index < -0.39 is 19.5 Å². The third-order valence-electron chi connectivity index (χ3n) is 2.82. The molecule has 0 aliphatic rings. The second-order valence-corrected chi connectivity index (χ2v) is 8.76. The zero-order chi connectivity index (χ0) is 13.3. The largest absolute Gasteiger partial charge is 0.313 e. The predicted octanol–water partition coefficient (Wildman–Crippen LogP) is 2.12. The third-order valence-corrected chi connectivity index (χ3v) is 5.80. The zero-order valence-electron chi connectivity index (χ0n) is 10.9. The molecular weight excluding hydrogens is 234 g/mol. The van der Waals surface area contributed by atoms with E-state index in [4.69, 9.17) is 5.73 Å². The molecule has 0 radical (unpaired) electrons. The zero-order valence-corrected chi connectivity index (χ0v) is 11.7. The molecule has 0 aliphatic heterocycles. The lowest BCUT2D eigenvalue weighted by molar-refractivity contribution is 0.502. The molecule has 0 aromatic heterocycles. The first kappa shape index (κ1) is 14.2. The van der Waals surface area contributed by atoms with Gasteiger partial charge in [-0.05, 0) is 33.3 Å². The van der Waals surface area contributed by atoms with Gasteiger partial charge in [0, 0.05) is 6.42 Å². The van der Waals surface area contributed by atoms with Crippen LogP contribution in [0.4, 0.5) is 0 Å². The summed E-state index contributed by atoms with van der Waals surface area (Å²) in [5, 5.41) is 0. The number of sulfone groups is 1. The fourth-order valence-electron chi connectivity index (χ4n) is 1.80. The van der Waals surface area contributed by atoms with Gasteiger partial charge >= 0.3 is 0 Å². The Kier molecular flexibility index (Phi) is 3.69. The molecule has 1 rings (SSSR count). The van der Waals surface area contributed by atoms with Gasteiger partial charge in [-0.1, -0.05) is 30.3 Å². The molecule has 2 N–H and O–H groups in total. The molecule has 1 aromatic rings. The van der Waals surface area contributed by atoms with Crippen molar-refractivity contribution in [3.05, 3.63) is 35.9 Å². The number of hydrogen-bond acceptors (Lipinski definition) is 3. The summed E-state index contributed by atoms with van der Waals surface area (Å²) in [4.78, 5) is -1.24. The number of nitrogens with two attached hydrogens (primary N) is 1. The Hall–Kier alpha value is -0.870. The van der Waals surface area contributed by atoms with Crippen LogP contribution < -0.4 is 5.73 Å². The van der Waals surface area contributed by atoms with Crippen LogP contribution in [-0.4, -0.2) is 18.0 Å². The second kappa shape index (κ2) is 4.42. The maximum Gasteiger partial charge on any atom is 0.173 e. The van der Waals surface area contributed by atoms with Gasteiger partial charge in [-0.15, -0.1) is 0 Å². The van der Waals surface area contributed by atoms with Crippen LogP contribution in [0.1, 0.15) is 33.3 Å². The van der Waals surface area contributed by atoms with Gasteiger partial charge < -0.3 is 5.73 Å². The standard InChI is InChI=1S/C13H21NO2S/c1-12(2,3)17(15,16)13(4,14)10-11-8-6-5-7-9-11/h5-9H,10,14H2,1-4H3/t13-/m0/s1. The quantitative estimate of drug-likeness (QED) is 0.900. The van der Waals surface area contributed by atoms with Gasteiger partial charge in [0.15, 0.2) is 9.84 Å². The minimum atomic E-state index is -3.40. The molecule has 0 amide bonds. The summed E-state index contributed by atoms with van der Waals surface area (Å²) in [7, 11) is -3.40. The van der Waals surface area contributed by atoms with Gasteiger partial charge in [0.1, 0.15) is 4.87 Å². The highest BCUT2D eigenvalue weighted by molar-refractivity contribution is 7.94. The van der Waals surface area contributed by atoms with Crippen molar-refractivity contribution < 1.29 is 8.42 Å². The molecule has 17 heavy (non-hydrogen) atoms. The van der Waals surface area contributed by atoms with E-state index in [1.165, 1.54) is 0 Å². The molecule has 0 fully saturated rings. The fraction of sp³-hybridized carbons (Fsp3) is 0.538. The second-order valence-electron chi connectivity index (χ2n) is 5.59. The van der Waals surface area contributed by atoms with E-state index >= 15 is 0 Å². The molecule has 0 unspecified atom stereocenters. The van der Waals surface area contributed by atoms with Gasteiger partial charge in [-0.2, -0.15) is 0 Å². The Morgan fingerprint density at radius 2 is 1.53 bits per heavy atom. The molecule has 0 spiro atoms. The first-order valence-corrected chi connectivity index (χ1v) is 7.13. The molecule has 0 saturated carbocycles. The molecule has 96 valence electrons. The summed E-state index contributed by atoms with van der Waals surface area (Å²) in [5.41, 5.74) is 6.96. The summed E-state index contributed by atoms with van der Waals surface area (Å²) in [6.45, 7) is 6.62. The molecule has 4 heteroatoms. The SMILES string of the molecule is CC(C)(C)S(=O)(=O)[C@](C)(N)Cc1ccccc1. The molecule has 1 aromatic carbocycles. The fourth-order valence-corrected chi connectivity index (χ4v) is 3.55. The summed E-state index contributed by atoms with van der Waals surface area (Å²) in [6, 6.07) is 9.45. The van der Waals surface area contributed by atoms with Crippen LogP contribution in [-0.2, 0) is 16.3 Å². The topological polar surface area (TPSA) is 60.2 Å². The lowest BCUT2D eigenvalue weighted by atomic mass is 10.1. The lowest BCUT2D eigenvalue weighted by Crippen LogP contribution is -2.53. The first-order chi connectivity index (χ1) is 7.58. The minimum absolute atomic E-state index is 0.327. The maximum atomic E-state index is 12.4. The molecule has 1 atom stereocenters. The maximum absolute atomic E-state index is 12.4. The highest BCUT2D eigenvalue weighted by Gasteiger charge is 2.43. The molecular formula is C13H21NO2S. The summed E-state index contributed by atoms with van der Waals surface area (Å²) in [6.07, 6.45) is 0.327. The summed E-state index contributed by atoms with van der Waals surface area (Å²) < 4.78 is 23.9. The van der Waals surface area contributed by atoms with Crippen molar-refractivity contribution in [2.45, 2.75) is 43.7 Å². The van der Waals surface area contributed by atoms with Crippen LogP contribution in [0.2, 0.25) is 0 Å². The summed E-state index contributed by atoms with van der Waals surface area (Å²) in [5.74, 6) is 0. The van der Waals surface area contributed by atoms with Gasteiger partial charge in [-0.25, -0.2) is 8.42 Å². The third kappa shape index (κ3) is 2.87.